The van der Waals surface area contributed by atoms with Gasteiger partial charge >= 0.3 is 0 Å². The lowest BCUT2D eigenvalue weighted by Gasteiger charge is -2.11. The Hall–Kier alpha value is -7.94. The van der Waals surface area contributed by atoms with Crippen molar-refractivity contribution in [3.63, 3.8) is 0 Å². The minimum Gasteiger partial charge on any atom is -0.206 e. The van der Waals surface area contributed by atoms with Gasteiger partial charge in [0.15, 0.2) is 0 Å². The molecule has 62 heavy (non-hydrogen) atoms. The Morgan fingerprint density at radius 2 is 0.242 bits per heavy atom. The first kappa shape index (κ1) is 37.1. The van der Waals surface area contributed by atoms with Gasteiger partial charge in [0.05, 0.1) is 0 Å². The van der Waals surface area contributed by atoms with Gasteiger partial charge in [-0.05, 0) is 112 Å². The topological polar surface area (TPSA) is 0 Å². The predicted octanol–water partition coefficient (Wildman–Crippen LogP) is 16.9. The zero-order valence-corrected chi connectivity index (χ0v) is 33.7. The highest BCUT2D eigenvalue weighted by atomic mass is 19.1. The number of halogens is 2. The number of hydrogen-bond donors (Lipinski definition) is 0. The number of benzene rings is 10. The molecule has 0 heterocycles. The molecule has 28 aliphatic rings. The van der Waals surface area contributed by atoms with E-state index >= 15 is 8.78 Å². The lowest BCUT2D eigenvalue weighted by Crippen LogP contribution is -1.92. The molecule has 10 aromatic rings. The summed E-state index contributed by atoms with van der Waals surface area (Å²) in [5.41, 5.74) is 19.7. The molecule has 0 aliphatic heterocycles. The molecule has 0 aromatic heterocycles. The van der Waals surface area contributed by atoms with Crippen LogP contribution in [0.3, 0.4) is 0 Å². The molecule has 0 nitrogen and oxygen atoms in total. The monoisotopic (exact) mass is 796 g/mol. The molecular formula is C60H38F2. The summed E-state index contributed by atoms with van der Waals surface area (Å²) >= 11 is 0. The summed E-state index contributed by atoms with van der Waals surface area (Å²) in [7, 11) is 0. The van der Waals surface area contributed by atoms with Crippen molar-refractivity contribution in [1.82, 2.24) is 0 Å². The van der Waals surface area contributed by atoms with E-state index in [4.69, 9.17) is 0 Å². The zero-order valence-electron chi connectivity index (χ0n) is 33.7. The van der Waals surface area contributed by atoms with Gasteiger partial charge in [0.2, 0.25) is 0 Å². The highest BCUT2D eigenvalue weighted by Crippen LogP contribution is 2.36. The average Bonchev–Trinajstić information content (AvgIpc) is 3.35. The van der Waals surface area contributed by atoms with Crippen LogP contribution in [0.1, 0.15) is 0 Å². The normalized spacial score (nSPS) is 11.4. The van der Waals surface area contributed by atoms with Crippen LogP contribution >= 0.6 is 0 Å². The minimum absolute atomic E-state index is 0.233. The second-order valence-corrected chi connectivity index (χ2v) is 16.0. The molecule has 292 valence electrons. The lowest BCUT2D eigenvalue weighted by atomic mass is 9.94. The second-order valence-electron chi connectivity index (χ2n) is 16.0. The molecule has 10 aromatic carbocycles. The van der Waals surface area contributed by atoms with Crippen LogP contribution in [-0.4, -0.2) is 0 Å². The van der Waals surface area contributed by atoms with Crippen LogP contribution < -0.4 is 0 Å². The van der Waals surface area contributed by atoms with E-state index in [0.29, 0.717) is 11.1 Å². The van der Waals surface area contributed by atoms with Crippen molar-refractivity contribution in [2.24, 2.45) is 0 Å². The van der Waals surface area contributed by atoms with Crippen LogP contribution in [-0.2, 0) is 0 Å². The SMILES string of the molecule is Fc1cc2c(F)cc1-c1ccc(cc1)-c1ccc(cc1)-c1ccc(cc1)-c1ccc(cc1)-c1ccc(cc1)-c1ccc(cc1)-c1ccc(cc1)-c1ccc(cc1)-c1ccc-2cc1. The first-order chi connectivity index (χ1) is 30.5. The van der Waals surface area contributed by atoms with Crippen molar-refractivity contribution >= 4 is 0 Å². The third kappa shape index (κ3) is 7.12. The largest absolute Gasteiger partial charge is 0.206 e. The Morgan fingerprint density at radius 1 is 0.145 bits per heavy atom. The predicted molar refractivity (Wildman–Crippen MR) is 254 cm³/mol. The van der Waals surface area contributed by atoms with Gasteiger partial charge in [-0.3, -0.25) is 0 Å². The summed E-state index contributed by atoms with van der Waals surface area (Å²) in [6.07, 6.45) is 0. The molecule has 0 saturated carbocycles. The van der Waals surface area contributed by atoms with E-state index < -0.39 is 11.6 Å². The average molecular weight is 797 g/mol. The van der Waals surface area contributed by atoms with Crippen LogP contribution in [0.2, 0.25) is 0 Å². The minimum atomic E-state index is -0.466. The maximum atomic E-state index is 15.7. The smallest absolute Gasteiger partial charge is 0.131 e. The van der Waals surface area contributed by atoms with Crippen molar-refractivity contribution in [2.75, 3.05) is 0 Å². The Kier molecular flexibility index (Phi) is 9.32. The molecule has 38 rings (SSSR count). The molecule has 20 bridgehead atoms. The maximum Gasteiger partial charge on any atom is 0.131 e. The summed E-state index contributed by atoms with van der Waals surface area (Å²) in [6.45, 7) is 0. The first-order valence-electron chi connectivity index (χ1n) is 20.9. The number of hydrogen-bond acceptors (Lipinski definition) is 0. The molecule has 0 N–H and O–H groups in total. The van der Waals surface area contributed by atoms with E-state index in [1.54, 1.807) is 0 Å². The molecular weight excluding hydrogens is 759 g/mol. The van der Waals surface area contributed by atoms with E-state index in [1.807, 2.05) is 48.5 Å². The van der Waals surface area contributed by atoms with E-state index in [9.17, 15) is 0 Å². The van der Waals surface area contributed by atoms with Gasteiger partial charge in [0, 0.05) is 11.1 Å². The summed E-state index contributed by atoms with van der Waals surface area (Å²) in [4.78, 5) is 0. The third-order valence-electron chi connectivity index (χ3n) is 12.3. The van der Waals surface area contributed by atoms with Crippen LogP contribution in [0.5, 0.6) is 0 Å². The van der Waals surface area contributed by atoms with Crippen molar-refractivity contribution in [3.05, 3.63) is 242 Å². The van der Waals surface area contributed by atoms with E-state index in [1.165, 1.54) is 45.5 Å². The van der Waals surface area contributed by atoms with Gasteiger partial charge in [0.25, 0.3) is 0 Å². The molecule has 0 amide bonds. The molecule has 2 heteroatoms. The molecule has 0 fully saturated rings. The van der Waals surface area contributed by atoms with Crippen LogP contribution in [0.15, 0.2) is 231 Å². The van der Waals surface area contributed by atoms with Crippen LogP contribution in [0, 0.1) is 11.6 Å². The summed E-state index contributed by atoms with van der Waals surface area (Å²) in [5.74, 6) is -0.932. The third-order valence-corrected chi connectivity index (χ3v) is 12.3. The van der Waals surface area contributed by atoms with E-state index in [2.05, 4.69) is 170 Å². The summed E-state index contributed by atoms with van der Waals surface area (Å²) in [5, 5.41) is 0. The molecule has 0 unspecified atom stereocenters. The van der Waals surface area contributed by atoms with Gasteiger partial charge < -0.3 is 0 Å². The Balaban J connectivity index is 0.921. The lowest BCUT2D eigenvalue weighted by molar-refractivity contribution is 0.606. The van der Waals surface area contributed by atoms with Gasteiger partial charge in [-0.15, -0.1) is 0 Å². The van der Waals surface area contributed by atoms with E-state index in [-0.39, 0.29) is 11.1 Å². The molecule has 28 aliphatic carbocycles. The fraction of sp³-hybridized carbons (Fsp3) is 0. The van der Waals surface area contributed by atoms with Crippen LogP contribution in [0.4, 0.5) is 8.78 Å². The van der Waals surface area contributed by atoms with Crippen molar-refractivity contribution in [1.29, 1.82) is 0 Å². The molecule has 0 radical (unpaired) electrons. The Bertz CT molecular complexity index is 2960. The van der Waals surface area contributed by atoms with Crippen molar-refractivity contribution < 1.29 is 8.78 Å². The van der Waals surface area contributed by atoms with Crippen molar-refractivity contribution in [2.45, 2.75) is 0 Å². The fourth-order valence-corrected chi connectivity index (χ4v) is 8.66. The van der Waals surface area contributed by atoms with Gasteiger partial charge in [0.1, 0.15) is 11.6 Å². The Morgan fingerprint density at radius 3 is 0.355 bits per heavy atom. The fourth-order valence-electron chi connectivity index (χ4n) is 8.66. The second kappa shape index (κ2) is 15.6. The van der Waals surface area contributed by atoms with Gasteiger partial charge in [-0.1, -0.05) is 218 Å². The number of rotatable bonds is 0. The summed E-state index contributed by atoms with van der Waals surface area (Å²) < 4.78 is 31.4. The van der Waals surface area contributed by atoms with E-state index in [0.717, 1.165) is 55.6 Å². The quantitative estimate of drug-likeness (QED) is 0.143. The molecule has 0 spiro atoms. The van der Waals surface area contributed by atoms with Gasteiger partial charge in [-0.2, -0.15) is 0 Å². The first-order valence-corrected chi connectivity index (χ1v) is 20.9. The van der Waals surface area contributed by atoms with Crippen LogP contribution in [0.25, 0.3) is 111 Å². The summed E-state index contributed by atoms with van der Waals surface area (Å²) in [6, 6.07) is 78.5. The molecule has 0 atom stereocenters. The maximum absolute atomic E-state index is 15.7. The Labute approximate surface area is 360 Å². The van der Waals surface area contributed by atoms with Crippen molar-refractivity contribution in [3.8, 4) is 111 Å². The zero-order chi connectivity index (χ0) is 41.6. The van der Waals surface area contributed by atoms with Gasteiger partial charge in [-0.25, -0.2) is 8.78 Å². The highest BCUT2D eigenvalue weighted by molar-refractivity contribution is 5.80. The standard InChI is InChI=1S/C60H38F2/c61-59-38-58-56-35-31-54(32-36-56)52-27-23-50(24-28-52)48-19-15-46(16-20-48)44-11-7-42(8-12-44)40-2-1-39(3-4-40)41-5-9-43(10-6-41)45-13-17-47(18-14-45)49-21-25-51(26-22-49)53-29-33-55(34-30-53)57(59)37-60(58)62/h1-38H. The highest BCUT2D eigenvalue weighted by Gasteiger charge is 2.15. The molecule has 0 saturated heterocycles.